The molecule has 8 heteroatoms. The van der Waals surface area contributed by atoms with Crippen molar-refractivity contribution < 1.29 is 24.3 Å². The molecular formula is C20H23N3O5. The molecule has 1 atom stereocenters. The molecule has 8 nitrogen and oxygen atoms in total. The number of hydrogen-bond acceptors (Lipinski definition) is 4. The molecule has 0 aliphatic heterocycles. The normalized spacial score (nSPS) is 11.6. The third kappa shape index (κ3) is 4.46. The Morgan fingerprint density at radius 3 is 2.21 bits per heavy atom. The van der Waals surface area contributed by atoms with Gasteiger partial charge in [0, 0.05) is 22.5 Å². The lowest BCUT2D eigenvalue weighted by Crippen LogP contribution is -2.38. The average Bonchev–Trinajstić information content (AvgIpc) is 2.98. The van der Waals surface area contributed by atoms with Gasteiger partial charge in [-0.1, -0.05) is 6.92 Å². The van der Waals surface area contributed by atoms with Gasteiger partial charge in [-0.15, -0.1) is 0 Å². The maximum absolute atomic E-state index is 12.6. The number of aliphatic carboxylic acids is 1. The summed E-state index contributed by atoms with van der Waals surface area (Å²) in [5.41, 5.74) is 2.92. The fourth-order valence-corrected chi connectivity index (χ4v) is 2.94. The molecule has 2 rings (SSSR count). The number of carboxylic acids is 1. The summed E-state index contributed by atoms with van der Waals surface area (Å²) in [6.07, 6.45) is 0.531. The minimum absolute atomic E-state index is 0.101. The third-order valence-electron chi connectivity index (χ3n) is 4.35. The molecule has 28 heavy (non-hydrogen) atoms. The fourth-order valence-electron chi connectivity index (χ4n) is 2.94. The molecule has 0 spiro atoms. The molecule has 4 N–H and O–H groups in total. The monoisotopic (exact) mass is 385 g/mol. The van der Waals surface area contributed by atoms with E-state index in [4.69, 9.17) is 5.11 Å². The van der Waals surface area contributed by atoms with Gasteiger partial charge in [0.15, 0.2) is 5.78 Å². The number of carboxylic acid groups (broad SMARTS) is 1. The second-order valence-electron chi connectivity index (χ2n) is 6.45. The van der Waals surface area contributed by atoms with Crippen LogP contribution >= 0.6 is 0 Å². The Hall–Kier alpha value is -3.42. The van der Waals surface area contributed by atoms with Crippen molar-refractivity contribution in [2.45, 2.75) is 40.2 Å². The van der Waals surface area contributed by atoms with E-state index in [1.165, 1.54) is 26.0 Å². The highest BCUT2D eigenvalue weighted by molar-refractivity contribution is 6.08. The summed E-state index contributed by atoms with van der Waals surface area (Å²) in [6, 6.07) is 5.06. The lowest BCUT2D eigenvalue weighted by Gasteiger charge is -2.10. The maximum atomic E-state index is 12.6. The Morgan fingerprint density at radius 1 is 1.11 bits per heavy atom. The van der Waals surface area contributed by atoms with Crippen molar-refractivity contribution in [3.05, 3.63) is 52.3 Å². The first-order valence-electron chi connectivity index (χ1n) is 8.83. The van der Waals surface area contributed by atoms with Crippen molar-refractivity contribution in [3.63, 3.8) is 0 Å². The molecule has 1 unspecified atom stereocenters. The Balaban J connectivity index is 2.16. The average molecular weight is 385 g/mol. The zero-order valence-electron chi connectivity index (χ0n) is 16.2. The molecule has 0 aliphatic carbocycles. The number of nitrogens with one attached hydrogen (secondary N) is 3. The molecule has 0 saturated carbocycles. The van der Waals surface area contributed by atoms with Crippen LogP contribution in [0.25, 0.3) is 0 Å². The van der Waals surface area contributed by atoms with Gasteiger partial charge in [-0.2, -0.15) is 0 Å². The Labute approximate surface area is 162 Å². The third-order valence-corrected chi connectivity index (χ3v) is 4.35. The van der Waals surface area contributed by atoms with Gasteiger partial charge in [0.2, 0.25) is 0 Å². The van der Waals surface area contributed by atoms with Gasteiger partial charge in [-0.25, -0.2) is 0 Å². The number of carbonyl (C=O) groups excluding carboxylic acids is 3. The highest BCUT2D eigenvalue weighted by Crippen LogP contribution is 2.21. The lowest BCUT2D eigenvalue weighted by molar-refractivity contribution is -0.138. The van der Waals surface area contributed by atoms with Crippen LogP contribution < -0.4 is 10.6 Å². The number of anilines is 1. The van der Waals surface area contributed by atoms with Crippen molar-refractivity contribution in [1.82, 2.24) is 10.3 Å². The Bertz CT molecular complexity index is 928. The summed E-state index contributed by atoms with van der Waals surface area (Å²) in [7, 11) is 0. The van der Waals surface area contributed by atoms with Crippen LogP contribution in [-0.2, 0) is 11.2 Å². The topological polar surface area (TPSA) is 128 Å². The largest absolute Gasteiger partial charge is 0.480 e. The molecule has 1 aromatic heterocycles. The summed E-state index contributed by atoms with van der Waals surface area (Å²) in [5, 5.41) is 13.9. The summed E-state index contributed by atoms with van der Waals surface area (Å²) >= 11 is 0. The smallest absolute Gasteiger partial charge is 0.325 e. The second-order valence-corrected chi connectivity index (χ2v) is 6.45. The number of aryl methyl sites for hydroxylation is 1. The molecule has 1 aromatic carbocycles. The van der Waals surface area contributed by atoms with Crippen LogP contribution in [0.3, 0.4) is 0 Å². The molecule has 2 amide bonds. The number of rotatable bonds is 7. The predicted molar refractivity (Wildman–Crippen MR) is 104 cm³/mol. The van der Waals surface area contributed by atoms with Crippen LogP contribution in [0.4, 0.5) is 5.69 Å². The molecule has 148 valence electrons. The van der Waals surface area contributed by atoms with Crippen LogP contribution in [-0.4, -0.2) is 39.7 Å². The van der Waals surface area contributed by atoms with Gasteiger partial charge in [0.05, 0.1) is 0 Å². The molecule has 0 radical (unpaired) electrons. The quantitative estimate of drug-likeness (QED) is 0.545. The molecule has 0 bridgehead atoms. The maximum Gasteiger partial charge on any atom is 0.325 e. The summed E-state index contributed by atoms with van der Waals surface area (Å²) in [5.74, 6) is -2.14. The number of benzene rings is 1. The zero-order valence-corrected chi connectivity index (χ0v) is 16.2. The lowest BCUT2D eigenvalue weighted by atomic mass is 10.0. The van der Waals surface area contributed by atoms with Crippen molar-refractivity contribution in [1.29, 1.82) is 0 Å². The highest BCUT2D eigenvalue weighted by Gasteiger charge is 2.22. The van der Waals surface area contributed by atoms with E-state index in [1.54, 1.807) is 19.1 Å². The molecule has 1 heterocycles. The first kappa shape index (κ1) is 20.9. The standard InChI is InChI=1S/C20H23N3O5/c1-5-15-16(12(4)24)10(2)21-17(15)19(26)23-14-8-6-13(7-9-14)18(25)22-11(3)20(27)28/h6-9,11,21H,5H2,1-4H3,(H,22,25)(H,23,26)(H,27,28). The minimum atomic E-state index is -1.13. The van der Waals surface area contributed by atoms with E-state index >= 15 is 0 Å². The van der Waals surface area contributed by atoms with E-state index in [-0.39, 0.29) is 17.3 Å². The van der Waals surface area contributed by atoms with Crippen LogP contribution in [0.1, 0.15) is 63.2 Å². The van der Waals surface area contributed by atoms with Crippen LogP contribution in [0.15, 0.2) is 24.3 Å². The van der Waals surface area contributed by atoms with Crippen molar-refractivity contribution in [2.75, 3.05) is 5.32 Å². The molecule has 0 saturated heterocycles. The van der Waals surface area contributed by atoms with Gasteiger partial charge >= 0.3 is 5.97 Å². The number of amides is 2. The summed E-state index contributed by atoms with van der Waals surface area (Å²) in [6.45, 7) is 6.45. The number of aromatic nitrogens is 1. The number of H-pyrrole nitrogens is 1. The SMILES string of the molecule is CCc1c(C(=O)Nc2ccc(C(=O)NC(C)C(=O)O)cc2)[nH]c(C)c1C(C)=O. The van der Waals surface area contributed by atoms with Gasteiger partial charge in [-0.3, -0.25) is 19.2 Å². The Kier molecular flexibility index (Phi) is 6.35. The molecule has 0 aliphatic rings. The zero-order chi connectivity index (χ0) is 21.0. The van der Waals surface area contributed by atoms with Gasteiger partial charge in [0.1, 0.15) is 11.7 Å². The summed E-state index contributed by atoms with van der Waals surface area (Å²) in [4.78, 5) is 50.2. The number of hydrogen-bond donors (Lipinski definition) is 4. The second kappa shape index (κ2) is 8.51. The summed E-state index contributed by atoms with van der Waals surface area (Å²) < 4.78 is 0. The first-order chi connectivity index (χ1) is 13.1. The Morgan fingerprint density at radius 2 is 1.71 bits per heavy atom. The first-order valence-corrected chi connectivity index (χ1v) is 8.83. The van der Waals surface area contributed by atoms with E-state index < -0.39 is 17.9 Å². The van der Waals surface area contributed by atoms with E-state index in [2.05, 4.69) is 15.6 Å². The predicted octanol–water partition coefficient (Wildman–Crippen LogP) is 2.54. The fraction of sp³-hybridized carbons (Fsp3) is 0.300. The van der Waals surface area contributed by atoms with Gasteiger partial charge < -0.3 is 20.7 Å². The number of Topliss-reactive ketones (excluding diaryl/α,β-unsaturated/α-hetero) is 1. The van der Waals surface area contributed by atoms with E-state index in [1.807, 2.05) is 6.92 Å². The molecule has 2 aromatic rings. The number of aromatic amines is 1. The van der Waals surface area contributed by atoms with Crippen molar-refractivity contribution >= 4 is 29.3 Å². The van der Waals surface area contributed by atoms with E-state index in [9.17, 15) is 19.2 Å². The highest BCUT2D eigenvalue weighted by atomic mass is 16.4. The van der Waals surface area contributed by atoms with Crippen molar-refractivity contribution in [2.24, 2.45) is 0 Å². The van der Waals surface area contributed by atoms with Gasteiger partial charge in [-0.05, 0) is 57.0 Å². The minimum Gasteiger partial charge on any atom is -0.480 e. The molecular weight excluding hydrogens is 362 g/mol. The number of ketones is 1. The van der Waals surface area contributed by atoms with Gasteiger partial charge in [0.25, 0.3) is 11.8 Å². The number of carbonyl (C=O) groups is 4. The van der Waals surface area contributed by atoms with Crippen LogP contribution in [0.5, 0.6) is 0 Å². The van der Waals surface area contributed by atoms with Crippen molar-refractivity contribution in [3.8, 4) is 0 Å². The molecule has 0 fully saturated rings. The van der Waals surface area contributed by atoms with E-state index in [0.29, 0.717) is 34.6 Å². The van der Waals surface area contributed by atoms with E-state index in [0.717, 1.165) is 0 Å². The van der Waals surface area contributed by atoms with Crippen LogP contribution in [0, 0.1) is 6.92 Å². The van der Waals surface area contributed by atoms with Crippen LogP contribution in [0.2, 0.25) is 0 Å².